The molecule has 34 heavy (non-hydrogen) atoms. The number of fused-ring (bicyclic) bond motifs is 1. The van der Waals surface area contributed by atoms with E-state index in [4.69, 9.17) is 4.74 Å². The second kappa shape index (κ2) is 8.88. The van der Waals surface area contributed by atoms with Crippen molar-refractivity contribution in [2.75, 3.05) is 13.2 Å². The molecule has 0 aliphatic carbocycles. The van der Waals surface area contributed by atoms with Crippen LogP contribution in [0.25, 0.3) is 11.1 Å². The van der Waals surface area contributed by atoms with Gasteiger partial charge < -0.3 is 14.4 Å². The molecule has 2 aromatic carbocycles. The van der Waals surface area contributed by atoms with Crippen LogP contribution in [0.4, 0.5) is 26.3 Å². The fraction of sp³-hybridized carbons (Fsp3) is 0.217. The van der Waals surface area contributed by atoms with Crippen LogP contribution < -0.4 is 9.47 Å². The molecule has 0 spiro atoms. The molecule has 178 valence electrons. The number of aromatic nitrogens is 1. The van der Waals surface area contributed by atoms with Gasteiger partial charge in [0.2, 0.25) is 0 Å². The van der Waals surface area contributed by atoms with E-state index in [0.29, 0.717) is 11.1 Å². The van der Waals surface area contributed by atoms with Crippen LogP contribution in [-0.4, -0.2) is 35.3 Å². The number of ether oxygens (including phenoxy) is 2. The Balaban J connectivity index is 1.61. The summed E-state index contributed by atoms with van der Waals surface area (Å²) >= 11 is 0. The van der Waals surface area contributed by atoms with Gasteiger partial charge in [-0.3, -0.25) is 9.78 Å². The summed E-state index contributed by atoms with van der Waals surface area (Å²) in [5.41, 5.74) is -0.0867. The summed E-state index contributed by atoms with van der Waals surface area (Å²) in [6.07, 6.45) is -8.22. The average molecular weight is 482 g/mol. The van der Waals surface area contributed by atoms with Crippen molar-refractivity contribution in [2.45, 2.75) is 19.1 Å². The smallest absolute Gasteiger partial charge is 0.491 e. The number of hydrogen-bond acceptors (Lipinski definition) is 4. The number of carbonyl (C=O) groups is 1. The molecule has 0 fully saturated rings. The minimum Gasteiger partial charge on any atom is -0.491 e. The highest BCUT2D eigenvalue weighted by Gasteiger charge is 2.35. The molecule has 0 N–H and O–H groups in total. The van der Waals surface area contributed by atoms with Crippen molar-refractivity contribution in [3.8, 4) is 22.6 Å². The van der Waals surface area contributed by atoms with Crippen molar-refractivity contribution >= 4 is 5.91 Å². The lowest BCUT2D eigenvalue weighted by atomic mass is 10.0. The minimum absolute atomic E-state index is 0.0419. The zero-order chi connectivity index (χ0) is 24.5. The molecule has 0 radical (unpaired) electrons. The van der Waals surface area contributed by atoms with Gasteiger partial charge in [0.1, 0.15) is 18.1 Å². The Labute approximate surface area is 189 Å². The van der Waals surface area contributed by atoms with Gasteiger partial charge in [0.15, 0.2) is 0 Å². The van der Waals surface area contributed by atoms with E-state index >= 15 is 0 Å². The van der Waals surface area contributed by atoms with E-state index in [0.717, 1.165) is 18.2 Å². The summed E-state index contributed by atoms with van der Waals surface area (Å²) in [5, 5.41) is 0. The van der Waals surface area contributed by atoms with E-state index in [1.807, 2.05) is 0 Å². The summed E-state index contributed by atoms with van der Waals surface area (Å²) in [4.78, 5) is 18.2. The van der Waals surface area contributed by atoms with Gasteiger partial charge >= 0.3 is 12.5 Å². The van der Waals surface area contributed by atoms with E-state index in [1.54, 1.807) is 6.07 Å². The van der Waals surface area contributed by atoms with Gasteiger partial charge in [-0.2, -0.15) is 13.2 Å². The molecule has 1 aliphatic heterocycles. The number of alkyl halides is 6. The first kappa shape index (κ1) is 23.4. The molecule has 1 aliphatic rings. The predicted octanol–water partition coefficient (Wildman–Crippen LogP) is 5.70. The first-order valence-electron chi connectivity index (χ1n) is 9.95. The van der Waals surface area contributed by atoms with Crippen molar-refractivity contribution in [1.82, 2.24) is 9.88 Å². The maximum absolute atomic E-state index is 13.3. The number of halogens is 6. The maximum atomic E-state index is 13.3. The average Bonchev–Trinajstić information content (AvgIpc) is 2.91. The number of pyridine rings is 1. The van der Waals surface area contributed by atoms with Crippen molar-refractivity contribution < 1.29 is 40.6 Å². The van der Waals surface area contributed by atoms with Gasteiger partial charge in [-0.15, -0.1) is 13.2 Å². The van der Waals surface area contributed by atoms with Crippen LogP contribution in [-0.2, 0) is 12.7 Å². The number of carbonyl (C=O) groups excluding carboxylic acids is 1. The van der Waals surface area contributed by atoms with Crippen LogP contribution in [0.3, 0.4) is 0 Å². The van der Waals surface area contributed by atoms with Crippen molar-refractivity contribution in [1.29, 1.82) is 0 Å². The molecule has 3 aromatic rings. The first-order chi connectivity index (χ1) is 16.0. The molecule has 5 nitrogen and oxygen atoms in total. The minimum atomic E-state index is -4.82. The van der Waals surface area contributed by atoms with Gasteiger partial charge in [-0.25, -0.2) is 0 Å². The highest BCUT2D eigenvalue weighted by atomic mass is 19.4. The molecular weight excluding hydrogens is 466 g/mol. The zero-order valence-corrected chi connectivity index (χ0v) is 17.3. The van der Waals surface area contributed by atoms with Crippen LogP contribution in [0.15, 0.2) is 60.8 Å². The number of benzene rings is 2. The van der Waals surface area contributed by atoms with Crippen LogP contribution in [0, 0.1) is 0 Å². The monoisotopic (exact) mass is 482 g/mol. The summed E-state index contributed by atoms with van der Waals surface area (Å²) in [7, 11) is 0. The Morgan fingerprint density at radius 2 is 1.68 bits per heavy atom. The quantitative estimate of drug-likeness (QED) is 0.448. The molecule has 0 saturated heterocycles. The largest absolute Gasteiger partial charge is 0.573 e. The lowest BCUT2D eigenvalue weighted by Gasteiger charge is -2.21. The van der Waals surface area contributed by atoms with E-state index in [1.165, 1.54) is 41.4 Å². The van der Waals surface area contributed by atoms with Crippen LogP contribution in [0.5, 0.6) is 11.5 Å². The van der Waals surface area contributed by atoms with Crippen molar-refractivity contribution in [3.63, 3.8) is 0 Å². The lowest BCUT2D eigenvalue weighted by molar-refractivity contribution is -0.274. The Morgan fingerprint density at radius 1 is 0.971 bits per heavy atom. The highest BCUT2D eigenvalue weighted by molar-refractivity contribution is 5.98. The van der Waals surface area contributed by atoms with E-state index in [-0.39, 0.29) is 36.7 Å². The second-order valence-electron chi connectivity index (χ2n) is 7.35. The number of rotatable bonds is 4. The SMILES string of the molecule is O=C1c2cc(-c3ccc(OC(F)(F)F)cc3)ccc2OCCN1Cc1ncccc1C(F)(F)F. The molecule has 0 saturated carbocycles. The number of hydrogen-bond donors (Lipinski definition) is 0. The Morgan fingerprint density at radius 3 is 2.35 bits per heavy atom. The molecule has 1 amide bonds. The van der Waals surface area contributed by atoms with E-state index in [2.05, 4.69) is 9.72 Å². The third-order valence-electron chi connectivity index (χ3n) is 5.07. The molecule has 0 bridgehead atoms. The molecular formula is C23H16F6N2O3. The fourth-order valence-electron chi connectivity index (χ4n) is 3.54. The molecule has 0 atom stereocenters. The van der Waals surface area contributed by atoms with Crippen LogP contribution in [0.1, 0.15) is 21.6 Å². The summed E-state index contributed by atoms with van der Waals surface area (Å²) in [6.45, 7) is -0.263. The molecule has 4 rings (SSSR count). The fourth-order valence-corrected chi connectivity index (χ4v) is 3.54. The summed E-state index contributed by atoms with van der Waals surface area (Å²) < 4.78 is 86.6. The summed E-state index contributed by atoms with van der Waals surface area (Å²) in [6, 6.07) is 11.8. The third kappa shape index (κ3) is 5.24. The molecule has 1 aromatic heterocycles. The molecule has 0 unspecified atom stereocenters. The highest BCUT2D eigenvalue weighted by Crippen LogP contribution is 2.34. The topological polar surface area (TPSA) is 51.7 Å². The first-order valence-corrected chi connectivity index (χ1v) is 9.95. The Kier molecular flexibility index (Phi) is 6.11. The third-order valence-corrected chi connectivity index (χ3v) is 5.07. The van der Waals surface area contributed by atoms with Crippen molar-refractivity contribution in [3.05, 3.63) is 77.6 Å². The zero-order valence-electron chi connectivity index (χ0n) is 17.3. The van der Waals surface area contributed by atoms with Gasteiger partial charge in [0, 0.05) is 6.20 Å². The van der Waals surface area contributed by atoms with E-state index in [9.17, 15) is 31.1 Å². The van der Waals surface area contributed by atoms with E-state index < -0.39 is 29.8 Å². The lowest BCUT2D eigenvalue weighted by Crippen LogP contribution is -2.33. The van der Waals surface area contributed by atoms with Crippen LogP contribution in [0.2, 0.25) is 0 Å². The molecule has 11 heteroatoms. The van der Waals surface area contributed by atoms with Crippen molar-refractivity contribution in [2.24, 2.45) is 0 Å². The van der Waals surface area contributed by atoms with Crippen LogP contribution >= 0.6 is 0 Å². The standard InChI is InChI=1S/C23H16F6N2O3/c24-22(25,26)18-2-1-9-30-19(18)13-31-10-11-33-20-8-5-15(12-17(20)21(31)32)14-3-6-16(7-4-14)34-23(27,28)29/h1-9,12H,10-11,13H2. The number of amides is 1. The summed E-state index contributed by atoms with van der Waals surface area (Å²) in [5.74, 6) is -0.692. The maximum Gasteiger partial charge on any atom is 0.573 e. The Hall–Kier alpha value is -3.76. The predicted molar refractivity (Wildman–Crippen MR) is 108 cm³/mol. The van der Waals surface area contributed by atoms with Gasteiger partial charge in [-0.05, 0) is 47.5 Å². The Bertz CT molecular complexity index is 1190. The normalized spacial score (nSPS) is 14.3. The van der Waals surface area contributed by atoms with Gasteiger partial charge in [-0.1, -0.05) is 18.2 Å². The van der Waals surface area contributed by atoms with Gasteiger partial charge in [0.05, 0.1) is 29.9 Å². The number of nitrogens with zero attached hydrogens (tertiary/aromatic N) is 2. The second-order valence-corrected chi connectivity index (χ2v) is 7.35. The van der Waals surface area contributed by atoms with Gasteiger partial charge in [0.25, 0.3) is 5.91 Å². The molecule has 2 heterocycles.